The Bertz CT molecular complexity index is 507. The first-order valence-corrected chi connectivity index (χ1v) is 7.45. The Morgan fingerprint density at radius 2 is 2.09 bits per heavy atom. The average molecular weight is 309 g/mol. The van der Waals surface area contributed by atoms with Crippen LogP contribution in [0.25, 0.3) is 0 Å². The number of likely N-dealkylation sites (tertiary alicyclic amines) is 1. The zero-order valence-electron chi connectivity index (χ0n) is 13.1. The van der Waals surface area contributed by atoms with Gasteiger partial charge >= 0.3 is 5.97 Å². The molecular formula is C15H23N3O4. The summed E-state index contributed by atoms with van der Waals surface area (Å²) >= 11 is 0. The molecule has 2 heterocycles. The fourth-order valence-corrected chi connectivity index (χ4v) is 2.51. The van der Waals surface area contributed by atoms with Gasteiger partial charge in [0.05, 0.1) is 20.2 Å². The molecule has 2 N–H and O–H groups in total. The smallest absolute Gasteiger partial charge is 0.373 e. The molecular weight excluding hydrogens is 286 g/mol. The van der Waals surface area contributed by atoms with Crippen LogP contribution >= 0.6 is 0 Å². The van der Waals surface area contributed by atoms with E-state index in [1.54, 1.807) is 19.2 Å². The highest BCUT2D eigenvalue weighted by Gasteiger charge is 2.20. The quantitative estimate of drug-likeness (QED) is 0.739. The summed E-state index contributed by atoms with van der Waals surface area (Å²) in [5.41, 5.74) is 0. The van der Waals surface area contributed by atoms with Gasteiger partial charge in [0, 0.05) is 26.2 Å². The molecule has 0 unspecified atom stereocenters. The standard InChI is InChI=1S/C15H23N3O4/c1-16-14(19)10-18-7-5-11(6-8-18)17-9-12-3-4-13(22-12)15(20)21-2/h3-4,11,17H,5-10H2,1-2H3,(H,16,19). The molecule has 7 heteroatoms. The maximum Gasteiger partial charge on any atom is 0.373 e. The Morgan fingerprint density at radius 1 is 1.36 bits per heavy atom. The van der Waals surface area contributed by atoms with Crippen LogP contribution in [0.2, 0.25) is 0 Å². The van der Waals surface area contributed by atoms with Crippen molar-refractivity contribution in [3.05, 3.63) is 23.7 Å². The van der Waals surface area contributed by atoms with Gasteiger partial charge in [0.2, 0.25) is 11.7 Å². The Morgan fingerprint density at radius 3 is 2.73 bits per heavy atom. The van der Waals surface area contributed by atoms with Gasteiger partial charge in [-0.15, -0.1) is 0 Å². The van der Waals surface area contributed by atoms with E-state index in [1.807, 2.05) is 0 Å². The predicted molar refractivity (Wildman–Crippen MR) is 80.4 cm³/mol. The number of hydrogen-bond acceptors (Lipinski definition) is 6. The monoisotopic (exact) mass is 309 g/mol. The van der Waals surface area contributed by atoms with Crippen molar-refractivity contribution in [2.75, 3.05) is 33.8 Å². The maximum atomic E-state index is 11.3. The number of amides is 1. The first-order chi connectivity index (χ1) is 10.6. The van der Waals surface area contributed by atoms with E-state index in [2.05, 4.69) is 20.3 Å². The molecule has 0 bridgehead atoms. The van der Waals surface area contributed by atoms with Crippen LogP contribution in [0.1, 0.15) is 29.2 Å². The number of furan rings is 1. The molecule has 1 aliphatic rings. The van der Waals surface area contributed by atoms with Gasteiger partial charge in [-0.3, -0.25) is 9.69 Å². The lowest BCUT2D eigenvalue weighted by molar-refractivity contribution is -0.122. The van der Waals surface area contributed by atoms with Gasteiger partial charge in [-0.2, -0.15) is 0 Å². The van der Waals surface area contributed by atoms with Crippen molar-refractivity contribution >= 4 is 11.9 Å². The van der Waals surface area contributed by atoms with E-state index in [0.717, 1.165) is 25.9 Å². The number of carbonyl (C=O) groups excluding carboxylic acids is 2. The minimum Gasteiger partial charge on any atom is -0.463 e. The third-order valence-electron chi connectivity index (χ3n) is 3.85. The van der Waals surface area contributed by atoms with Crippen LogP contribution in [0.15, 0.2) is 16.5 Å². The third-order valence-corrected chi connectivity index (χ3v) is 3.85. The van der Waals surface area contributed by atoms with Crippen molar-refractivity contribution in [2.24, 2.45) is 0 Å². The summed E-state index contributed by atoms with van der Waals surface area (Å²) in [5, 5.41) is 6.06. The fraction of sp³-hybridized carbons (Fsp3) is 0.600. The minimum absolute atomic E-state index is 0.0531. The number of hydrogen-bond donors (Lipinski definition) is 2. The Hall–Kier alpha value is -1.86. The van der Waals surface area contributed by atoms with Crippen LogP contribution in [0.4, 0.5) is 0 Å². The van der Waals surface area contributed by atoms with Crippen LogP contribution in [0.5, 0.6) is 0 Å². The second-order valence-electron chi connectivity index (χ2n) is 5.36. The Kier molecular flexibility index (Phi) is 5.97. The van der Waals surface area contributed by atoms with Gasteiger partial charge in [-0.25, -0.2) is 4.79 Å². The fourth-order valence-electron chi connectivity index (χ4n) is 2.51. The zero-order chi connectivity index (χ0) is 15.9. The van der Waals surface area contributed by atoms with Crippen molar-refractivity contribution in [3.8, 4) is 0 Å². The lowest BCUT2D eigenvalue weighted by atomic mass is 10.1. The zero-order valence-corrected chi connectivity index (χ0v) is 13.1. The molecule has 1 amide bonds. The summed E-state index contributed by atoms with van der Waals surface area (Å²) in [6, 6.07) is 3.79. The highest BCUT2D eigenvalue weighted by Crippen LogP contribution is 2.13. The summed E-state index contributed by atoms with van der Waals surface area (Å²) in [6.07, 6.45) is 1.98. The van der Waals surface area contributed by atoms with Crippen LogP contribution in [-0.2, 0) is 16.1 Å². The molecule has 1 aliphatic heterocycles. The molecule has 0 aromatic carbocycles. The maximum absolute atomic E-state index is 11.3. The first kappa shape index (κ1) is 16.5. The first-order valence-electron chi connectivity index (χ1n) is 7.45. The molecule has 0 saturated carbocycles. The van der Waals surface area contributed by atoms with Crippen molar-refractivity contribution in [3.63, 3.8) is 0 Å². The van der Waals surface area contributed by atoms with E-state index in [-0.39, 0.29) is 11.7 Å². The predicted octanol–water partition coefficient (Wildman–Crippen LogP) is 0.366. The van der Waals surface area contributed by atoms with E-state index in [0.29, 0.717) is 24.9 Å². The second-order valence-corrected chi connectivity index (χ2v) is 5.36. The SMILES string of the molecule is CNC(=O)CN1CCC(NCc2ccc(C(=O)OC)o2)CC1. The molecule has 0 atom stereocenters. The van der Waals surface area contributed by atoms with Crippen LogP contribution < -0.4 is 10.6 Å². The van der Waals surface area contributed by atoms with Gasteiger partial charge in [0.1, 0.15) is 5.76 Å². The molecule has 1 aromatic rings. The van der Waals surface area contributed by atoms with E-state index in [1.165, 1.54) is 7.11 Å². The number of nitrogens with zero attached hydrogens (tertiary/aromatic N) is 1. The minimum atomic E-state index is -0.464. The molecule has 0 radical (unpaired) electrons. The number of ether oxygens (including phenoxy) is 1. The molecule has 122 valence electrons. The molecule has 2 rings (SSSR count). The highest BCUT2D eigenvalue weighted by atomic mass is 16.5. The molecule has 0 aliphatic carbocycles. The van der Waals surface area contributed by atoms with Gasteiger partial charge in [-0.05, 0) is 25.0 Å². The molecule has 0 spiro atoms. The van der Waals surface area contributed by atoms with Crippen molar-refractivity contribution < 1.29 is 18.7 Å². The number of nitrogens with one attached hydrogen (secondary N) is 2. The number of esters is 1. The molecule has 7 nitrogen and oxygen atoms in total. The van der Waals surface area contributed by atoms with Crippen LogP contribution in [0.3, 0.4) is 0 Å². The Labute approximate surface area is 130 Å². The average Bonchev–Trinajstić information content (AvgIpc) is 3.02. The number of rotatable bonds is 6. The normalized spacial score (nSPS) is 16.5. The summed E-state index contributed by atoms with van der Waals surface area (Å²) in [7, 11) is 2.98. The van der Waals surface area contributed by atoms with Crippen LogP contribution in [0, 0.1) is 0 Å². The summed E-state index contributed by atoms with van der Waals surface area (Å²) in [6.45, 7) is 2.84. The number of piperidine rings is 1. The van der Waals surface area contributed by atoms with Gasteiger partial charge in [-0.1, -0.05) is 0 Å². The van der Waals surface area contributed by atoms with Crippen LogP contribution in [-0.4, -0.2) is 56.6 Å². The molecule has 22 heavy (non-hydrogen) atoms. The third kappa shape index (κ3) is 4.57. The van der Waals surface area contributed by atoms with Crippen molar-refractivity contribution in [1.29, 1.82) is 0 Å². The lowest BCUT2D eigenvalue weighted by Crippen LogP contribution is -2.45. The van der Waals surface area contributed by atoms with E-state index in [4.69, 9.17) is 4.42 Å². The van der Waals surface area contributed by atoms with Gasteiger partial charge in [0.15, 0.2) is 0 Å². The van der Waals surface area contributed by atoms with E-state index < -0.39 is 5.97 Å². The van der Waals surface area contributed by atoms with E-state index in [9.17, 15) is 9.59 Å². The second kappa shape index (κ2) is 7.95. The number of carbonyl (C=O) groups is 2. The Balaban J connectivity index is 1.71. The van der Waals surface area contributed by atoms with Crippen molar-refractivity contribution in [2.45, 2.75) is 25.4 Å². The lowest BCUT2D eigenvalue weighted by Gasteiger charge is -2.31. The summed E-state index contributed by atoms with van der Waals surface area (Å²) < 4.78 is 10.0. The largest absolute Gasteiger partial charge is 0.463 e. The van der Waals surface area contributed by atoms with Gasteiger partial charge in [0.25, 0.3) is 0 Å². The van der Waals surface area contributed by atoms with Crippen molar-refractivity contribution in [1.82, 2.24) is 15.5 Å². The van der Waals surface area contributed by atoms with E-state index >= 15 is 0 Å². The highest BCUT2D eigenvalue weighted by molar-refractivity contribution is 5.86. The number of likely N-dealkylation sites (N-methyl/N-ethyl adjacent to an activating group) is 1. The summed E-state index contributed by atoms with van der Waals surface area (Å²) in [4.78, 5) is 24.8. The molecule has 1 fully saturated rings. The topological polar surface area (TPSA) is 83.8 Å². The summed E-state index contributed by atoms with van der Waals surface area (Å²) in [5.74, 6) is 0.527. The number of methoxy groups -OCH3 is 1. The molecule has 1 aromatic heterocycles. The molecule has 1 saturated heterocycles. The van der Waals surface area contributed by atoms with Gasteiger partial charge < -0.3 is 19.8 Å².